The third-order valence-electron chi connectivity index (χ3n) is 4.17. The van der Waals surface area contributed by atoms with Crippen LogP contribution in [0.5, 0.6) is 0 Å². The van der Waals surface area contributed by atoms with E-state index in [2.05, 4.69) is 21.4 Å². The zero-order chi connectivity index (χ0) is 19.8. The van der Waals surface area contributed by atoms with Crippen molar-refractivity contribution in [2.45, 2.75) is 0 Å². The van der Waals surface area contributed by atoms with E-state index in [1.54, 1.807) is 5.01 Å². The molecule has 0 amide bonds. The molecule has 7 heteroatoms. The lowest BCUT2D eigenvalue weighted by molar-refractivity contribution is 0.304. The lowest BCUT2D eigenvalue weighted by atomic mass is 10.1. The average molecular weight is 412 g/mol. The van der Waals surface area contributed by atoms with Crippen molar-refractivity contribution in [2.75, 3.05) is 24.8 Å². The van der Waals surface area contributed by atoms with Crippen LogP contribution in [0.1, 0.15) is 5.56 Å². The number of nitriles is 1. The molecule has 0 radical (unpaired) electrons. The van der Waals surface area contributed by atoms with Crippen LogP contribution >= 0.6 is 23.2 Å². The van der Waals surface area contributed by atoms with Crippen LogP contribution in [0, 0.1) is 11.3 Å². The van der Waals surface area contributed by atoms with Gasteiger partial charge in [0.25, 0.3) is 0 Å². The summed E-state index contributed by atoms with van der Waals surface area (Å²) in [5.41, 5.74) is 4.26. The van der Waals surface area contributed by atoms with Gasteiger partial charge in [-0.05, 0) is 5.56 Å². The molecule has 142 valence electrons. The van der Waals surface area contributed by atoms with E-state index in [0.717, 1.165) is 22.5 Å². The first kappa shape index (κ1) is 19.9. The van der Waals surface area contributed by atoms with Crippen molar-refractivity contribution < 1.29 is 0 Å². The van der Waals surface area contributed by atoms with Gasteiger partial charge in [-0.15, -0.1) is 28.3 Å². The van der Waals surface area contributed by atoms with Crippen molar-refractivity contribution in [1.29, 1.82) is 5.26 Å². The van der Waals surface area contributed by atoms with E-state index in [-0.39, 0.29) is 0 Å². The number of alkyl halides is 2. The fourth-order valence-electron chi connectivity index (χ4n) is 2.84. The lowest BCUT2D eigenvalue weighted by Crippen LogP contribution is -2.21. The molecule has 0 aliphatic heterocycles. The molecule has 2 aromatic carbocycles. The predicted molar refractivity (Wildman–Crippen MR) is 114 cm³/mol. The zero-order valence-electron chi connectivity index (χ0n) is 15.1. The van der Waals surface area contributed by atoms with Gasteiger partial charge in [-0.1, -0.05) is 65.9 Å². The SMILES string of the molecule is N#Cc1c(-c2ccccc2)[nH]c(-c2ccccc2)c1N=NN(CCCl)CCCl. The predicted octanol–water partition coefficient (Wildman–Crippen LogP) is 6.00. The number of nitrogens with zero attached hydrogens (tertiary/aromatic N) is 4. The smallest absolute Gasteiger partial charge is 0.131 e. The van der Waals surface area contributed by atoms with E-state index in [4.69, 9.17) is 23.2 Å². The molecule has 1 heterocycles. The van der Waals surface area contributed by atoms with Crippen molar-refractivity contribution >= 4 is 28.9 Å². The first-order chi connectivity index (χ1) is 13.8. The maximum Gasteiger partial charge on any atom is 0.131 e. The molecular weight excluding hydrogens is 393 g/mol. The highest BCUT2D eigenvalue weighted by atomic mass is 35.5. The highest BCUT2D eigenvalue weighted by Gasteiger charge is 2.20. The van der Waals surface area contributed by atoms with E-state index >= 15 is 0 Å². The van der Waals surface area contributed by atoms with Gasteiger partial charge in [0.05, 0.1) is 24.5 Å². The summed E-state index contributed by atoms with van der Waals surface area (Å²) in [6.07, 6.45) is 0. The van der Waals surface area contributed by atoms with Crippen LogP contribution in [0.25, 0.3) is 22.5 Å². The van der Waals surface area contributed by atoms with Gasteiger partial charge in [-0.3, -0.25) is 5.01 Å². The number of hydrogen-bond acceptors (Lipinski definition) is 3. The Morgan fingerprint density at radius 3 is 1.89 bits per heavy atom. The number of nitrogens with one attached hydrogen (secondary N) is 1. The highest BCUT2D eigenvalue weighted by Crippen LogP contribution is 2.39. The summed E-state index contributed by atoms with van der Waals surface area (Å²) in [4.78, 5) is 3.37. The molecular formula is C21H19Cl2N5. The minimum atomic E-state index is 0.412. The molecule has 28 heavy (non-hydrogen) atoms. The van der Waals surface area contributed by atoms with Crippen molar-refractivity contribution in [2.24, 2.45) is 10.3 Å². The van der Waals surface area contributed by atoms with E-state index < -0.39 is 0 Å². The van der Waals surface area contributed by atoms with Crippen molar-refractivity contribution in [1.82, 2.24) is 9.99 Å². The topological polar surface area (TPSA) is 67.5 Å². The standard InChI is InChI=1S/C21H19Cl2N5/c22-11-13-28(14-12-23)27-26-21-18(15-24)19(16-7-3-1-4-8-16)25-20(21)17-9-5-2-6-10-17/h1-10,25H,11-14H2. The van der Waals surface area contributed by atoms with Crippen LogP contribution in [0.15, 0.2) is 71.0 Å². The summed E-state index contributed by atoms with van der Waals surface area (Å²) in [5, 5.41) is 20.3. The minimum absolute atomic E-state index is 0.412. The first-order valence-corrected chi connectivity index (χ1v) is 9.90. The average Bonchev–Trinajstić information content (AvgIpc) is 3.12. The van der Waals surface area contributed by atoms with Crippen LogP contribution in [0.3, 0.4) is 0 Å². The summed E-state index contributed by atoms with van der Waals surface area (Å²) in [6, 6.07) is 21.8. The zero-order valence-corrected chi connectivity index (χ0v) is 16.7. The van der Waals surface area contributed by atoms with Gasteiger partial charge in [0.1, 0.15) is 17.3 Å². The maximum atomic E-state index is 9.87. The molecule has 3 aromatic rings. The highest BCUT2D eigenvalue weighted by molar-refractivity contribution is 6.18. The third-order valence-corrected chi connectivity index (χ3v) is 4.50. The Hall–Kier alpha value is -2.81. The Kier molecular flexibility index (Phi) is 7.07. The summed E-state index contributed by atoms with van der Waals surface area (Å²) < 4.78 is 0. The quantitative estimate of drug-likeness (QED) is 0.280. The van der Waals surface area contributed by atoms with Crippen LogP contribution in [0.4, 0.5) is 5.69 Å². The Morgan fingerprint density at radius 2 is 1.39 bits per heavy atom. The second-order valence-electron chi connectivity index (χ2n) is 5.96. The van der Waals surface area contributed by atoms with Gasteiger partial charge in [0.15, 0.2) is 0 Å². The monoisotopic (exact) mass is 411 g/mol. The fraction of sp³-hybridized carbons (Fsp3) is 0.190. The van der Waals surface area contributed by atoms with Gasteiger partial charge >= 0.3 is 0 Å². The van der Waals surface area contributed by atoms with Gasteiger partial charge < -0.3 is 4.98 Å². The third kappa shape index (κ3) is 4.53. The Morgan fingerprint density at radius 1 is 0.857 bits per heavy atom. The molecule has 0 atom stereocenters. The van der Waals surface area contributed by atoms with Crippen LogP contribution < -0.4 is 0 Å². The molecule has 0 saturated carbocycles. The van der Waals surface area contributed by atoms with Gasteiger partial charge in [-0.2, -0.15) is 5.26 Å². The Labute approximate surface area is 174 Å². The second kappa shape index (κ2) is 9.93. The largest absolute Gasteiger partial charge is 0.352 e. The molecule has 1 aromatic heterocycles. The number of hydrogen-bond donors (Lipinski definition) is 1. The minimum Gasteiger partial charge on any atom is -0.352 e. The Balaban J connectivity index is 2.13. The number of halogens is 2. The van der Waals surface area contributed by atoms with E-state index in [0.29, 0.717) is 36.1 Å². The molecule has 3 rings (SSSR count). The second-order valence-corrected chi connectivity index (χ2v) is 6.72. The number of benzene rings is 2. The van der Waals surface area contributed by atoms with E-state index in [9.17, 15) is 5.26 Å². The van der Waals surface area contributed by atoms with Crippen LogP contribution in [0.2, 0.25) is 0 Å². The lowest BCUT2D eigenvalue weighted by Gasteiger charge is -2.14. The summed E-state index contributed by atoms with van der Waals surface area (Å²) >= 11 is 11.7. The molecule has 5 nitrogen and oxygen atoms in total. The number of rotatable bonds is 8. The Bertz CT molecular complexity index is 956. The van der Waals surface area contributed by atoms with Crippen molar-refractivity contribution in [3.05, 3.63) is 66.2 Å². The van der Waals surface area contributed by atoms with E-state index in [1.807, 2.05) is 60.7 Å². The van der Waals surface area contributed by atoms with Gasteiger partial charge in [0, 0.05) is 17.3 Å². The molecule has 0 saturated heterocycles. The first-order valence-electron chi connectivity index (χ1n) is 8.84. The number of aromatic amines is 1. The molecule has 1 N–H and O–H groups in total. The van der Waals surface area contributed by atoms with Crippen LogP contribution in [-0.2, 0) is 0 Å². The normalized spacial score (nSPS) is 10.9. The molecule has 0 spiro atoms. The summed E-state index contributed by atoms with van der Waals surface area (Å²) in [6.45, 7) is 1.05. The number of H-pyrrole nitrogens is 1. The van der Waals surface area contributed by atoms with Gasteiger partial charge in [-0.25, -0.2) is 0 Å². The van der Waals surface area contributed by atoms with Gasteiger partial charge in [0.2, 0.25) is 0 Å². The molecule has 0 aliphatic carbocycles. The molecule has 0 aliphatic rings. The fourth-order valence-corrected chi connectivity index (χ4v) is 3.23. The van der Waals surface area contributed by atoms with Crippen molar-refractivity contribution in [3.63, 3.8) is 0 Å². The van der Waals surface area contributed by atoms with E-state index in [1.165, 1.54) is 0 Å². The molecule has 0 bridgehead atoms. The van der Waals surface area contributed by atoms with Crippen LogP contribution in [-0.4, -0.2) is 34.8 Å². The number of aromatic nitrogens is 1. The maximum absolute atomic E-state index is 9.87. The summed E-state index contributed by atoms with van der Waals surface area (Å²) in [7, 11) is 0. The summed E-state index contributed by atoms with van der Waals surface area (Å²) in [5.74, 6) is 0.823. The molecule has 0 unspecified atom stereocenters. The van der Waals surface area contributed by atoms with Crippen molar-refractivity contribution in [3.8, 4) is 28.6 Å². The molecule has 0 fully saturated rings.